The molecule has 12 aromatic carbocycles. The monoisotopic (exact) mass is 971 g/mol. The summed E-state index contributed by atoms with van der Waals surface area (Å²) < 4.78 is 80.3. The lowest BCUT2D eigenvalue weighted by Gasteiger charge is -2.26. The first-order chi connectivity index (χ1) is 40.0. The van der Waals surface area contributed by atoms with E-state index in [9.17, 15) is 11.0 Å². The van der Waals surface area contributed by atoms with Crippen LogP contribution in [0.4, 0.5) is 51.2 Å². The van der Waals surface area contributed by atoms with Gasteiger partial charge in [0.05, 0.1) is 11.0 Å². The molecule has 0 saturated carbocycles. The summed E-state index contributed by atoms with van der Waals surface area (Å²) in [5.41, 5.74) is 8.42. The number of benzene rings is 12. The van der Waals surface area contributed by atoms with Crippen LogP contribution in [0.25, 0.3) is 64.3 Å². The molecular formula is C70H49N3S. The molecule has 350 valence electrons. The molecule has 3 nitrogen and oxygen atoms in total. The molecule has 0 N–H and O–H groups in total. The normalized spacial score (nSPS) is 12.8. The summed E-state index contributed by atoms with van der Waals surface area (Å²) in [5, 5.41) is 3.48. The third-order valence-corrected chi connectivity index (χ3v) is 14.5. The highest BCUT2D eigenvalue weighted by Gasteiger charge is 2.19. The maximum Gasteiger partial charge on any atom is 0.0645 e. The molecule has 0 atom stereocenters. The van der Waals surface area contributed by atoms with Crippen molar-refractivity contribution in [2.75, 3.05) is 14.7 Å². The van der Waals surface area contributed by atoms with Crippen LogP contribution in [-0.4, -0.2) is 0 Å². The van der Waals surface area contributed by atoms with Gasteiger partial charge in [-0.1, -0.05) is 170 Å². The Morgan fingerprint density at radius 3 is 1.09 bits per heavy atom. The van der Waals surface area contributed by atoms with Gasteiger partial charge in [-0.3, -0.25) is 0 Å². The lowest BCUT2D eigenvalue weighted by atomic mass is 9.89. The van der Waals surface area contributed by atoms with E-state index in [1.807, 2.05) is 158 Å². The second kappa shape index (κ2) is 19.6. The first kappa shape index (κ1) is 36.4. The van der Waals surface area contributed by atoms with Crippen LogP contribution in [0.2, 0.25) is 0 Å². The molecule has 74 heavy (non-hydrogen) atoms. The van der Waals surface area contributed by atoms with Crippen LogP contribution in [0.1, 0.15) is 11.0 Å². The summed E-state index contributed by atoms with van der Waals surface area (Å²) in [6.07, 6.45) is 0. The van der Waals surface area contributed by atoms with E-state index in [1.54, 1.807) is 33.3 Å². The first-order valence-corrected chi connectivity index (χ1v) is 25.3. The van der Waals surface area contributed by atoms with Gasteiger partial charge >= 0.3 is 0 Å². The van der Waals surface area contributed by atoms with Crippen molar-refractivity contribution in [3.8, 4) is 33.4 Å². The second-order valence-electron chi connectivity index (χ2n) is 17.9. The van der Waals surface area contributed by atoms with Crippen molar-refractivity contribution in [1.82, 2.24) is 0 Å². The number of nitrogens with zero attached hydrogens (tertiary/aromatic N) is 3. The number of hydrogen-bond acceptors (Lipinski definition) is 4. The fourth-order valence-corrected chi connectivity index (χ4v) is 11.0. The molecular weight excluding hydrogens is 915 g/mol. The minimum absolute atomic E-state index is 0.0778. The van der Waals surface area contributed by atoms with Crippen LogP contribution in [0, 0.1) is 0 Å². The lowest BCUT2D eigenvalue weighted by Crippen LogP contribution is -2.09. The molecule has 0 saturated heterocycles. The molecule has 0 aliphatic carbocycles. The standard InChI is InChI=1S/C70H49N3S/c1-6-18-54(19-7-1)71(55-20-8-2-9-21-55)59-39-32-51(33-40-59)63-45-46-64(52-34-41-60(42-35-52)72(56-22-10-3-11-23-56)57-24-12-4-13-25-57)67-48-53(36-44-65(63)67)50-30-37-61(38-31-50)73(58-26-14-5-15-27-58)62-43-47-70-68(49-62)66-28-16-17-29-69(66)74-70/h1-49H/i32D,33D,34D,35D,39D,40D,41D,42D. The Morgan fingerprint density at radius 1 is 0.230 bits per heavy atom. The van der Waals surface area contributed by atoms with Crippen molar-refractivity contribution in [1.29, 1.82) is 0 Å². The third-order valence-electron chi connectivity index (χ3n) is 13.4. The van der Waals surface area contributed by atoms with Gasteiger partial charge in [0, 0.05) is 71.4 Å². The number of fused-ring (bicyclic) bond motifs is 4. The summed E-state index contributed by atoms with van der Waals surface area (Å²) in [6.45, 7) is 0. The molecule has 0 fully saturated rings. The predicted molar refractivity (Wildman–Crippen MR) is 317 cm³/mol. The van der Waals surface area contributed by atoms with Crippen LogP contribution in [-0.2, 0) is 0 Å². The first-order valence-electron chi connectivity index (χ1n) is 28.5. The number of hydrogen-bond donors (Lipinski definition) is 0. The molecule has 13 aromatic rings. The van der Waals surface area contributed by atoms with Crippen LogP contribution >= 0.6 is 11.3 Å². The molecule has 13 rings (SSSR count). The highest BCUT2D eigenvalue weighted by molar-refractivity contribution is 7.25. The predicted octanol–water partition coefficient (Wildman–Crippen LogP) is 20.6. The van der Waals surface area contributed by atoms with Crippen LogP contribution in [0.5, 0.6) is 0 Å². The molecule has 0 aliphatic rings. The summed E-state index contributed by atoms with van der Waals surface area (Å²) in [7, 11) is 0. The molecule has 0 aliphatic heterocycles. The number of thiophene rings is 1. The van der Waals surface area contributed by atoms with Gasteiger partial charge in [0.2, 0.25) is 0 Å². The van der Waals surface area contributed by atoms with Crippen LogP contribution in [0.15, 0.2) is 297 Å². The van der Waals surface area contributed by atoms with E-state index in [-0.39, 0.29) is 70.8 Å². The molecule has 1 aromatic heterocycles. The van der Waals surface area contributed by atoms with E-state index in [4.69, 9.17) is 0 Å². The van der Waals surface area contributed by atoms with E-state index >= 15 is 0 Å². The van der Waals surface area contributed by atoms with Crippen molar-refractivity contribution in [2.45, 2.75) is 0 Å². The van der Waals surface area contributed by atoms with Gasteiger partial charge < -0.3 is 14.7 Å². The molecule has 4 heteroatoms. The van der Waals surface area contributed by atoms with E-state index in [0.717, 1.165) is 28.2 Å². The van der Waals surface area contributed by atoms with Gasteiger partial charge in [-0.05, 0) is 171 Å². The quantitative estimate of drug-likeness (QED) is 0.121. The number of anilines is 9. The van der Waals surface area contributed by atoms with Gasteiger partial charge in [0.25, 0.3) is 0 Å². The molecule has 1 heterocycles. The Morgan fingerprint density at radius 2 is 0.608 bits per heavy atom. The summed E-state index contributed by atoms with van der Waals surface area (Å²) >= 11 is 1.78. The summed E-state index contributed by atoms with van der Waals surface area (Å²) in [6, 6.07) is 78.5. The molecule has 0 unspecified atom stereocenters. The third kappa shape index (κ3) is 8.53. The molecule has 0 radical (unpaired) electrons. The minimum Gasteiger partial charge on any atom is -0.311 e. The van der Waals surface area contributed by atoms with Gasteiger partial charge in [0.15, 0.2) is 0 Å². The smallest absolute Gasteiger partial charge is 0.0645 e. The van der Waals surface area contributed by atoms with Crippen LogP contribution in [0.3, 0.4) is 0 Å². The Balaban J connectivity index is 0.993. The largest absolute Gasteiger partial charge is 0.311 e. The van der Waals surface area contributed by atoms with Crippen molar-refractivity contribution < 1.29 is 11.0 Å². The lowest BCUT2D eigenvalue weighted by molar-refractivity contribution is 1.28. The Bertz CT molecular complexity index is 4410. The zero-order chi connectivity index (χ0) is 56.2. The Kier molecular flexibility index (Phi) is 9.66. The van der Waals surface area contributed by atoms with E-state index in [1.165, 1.54) is 20.2 Å². The highest BCUT2D eigenvalue weighted by Crippen LogP contribution is 2.44. The maximum atomic E-state index is 9.82. The van der Waals surface area contributed by atoms with E-state index in [0.29, 0.717) is 44.6 Å². The number of para-hydroxylation sites is 5. The van der Waals surface area contributed by atoms with Gasteiger partial charge in [-0.25, -0.2) is 0 Å². The average molecular weight is 972 g/mol. The maximum absolute atomic E-state index is 9.82. The fourth-order valence-electron chi connectivity index (χ4n) is 9.87. The zero-order valence-corrected chi connectivity index (χ0v) is 40.7. The second-order valence-corrected chi connectivity index (χ2v) is 19.0. The van der Waals surface area contributed by atoms with Crippen molar-refractivity contribution in [3.63, 3.8) is 0 Å². The number of rotatable bonds is 12. The zero-order valence-electron chi connectivity index (χ0n) is 47.9. The van der Waals surface area contributed by atoms with E-state index in [2.05, 4.69) is 83.8 Å². The van der Waals surface area contributed by atoms with Crippen molar-refractivity contribution in [2.24, 2.45) is 0 Å². The minimum atomic E-state index is -0.248. The molecule has 0 bridgehead atoms. The molecule has 0 amide bonds. The summed E-state index contributed by atoms with van der Waals surface area (Å²) in [4.78, 5) is 5.73. The van der Waals surface area contributed by atoms with Gasteiger partial charge in [-0.15, -0.1) is 11.3 Å². The van der Waals surface area contributed by atoms with Gasteiger partial charge in [-0.2, -0.15) is 0 Å². The SMILES string of the molecule is [2H]c1c([2H])c(N(c2ccccc2)c2ccccc2)c([2H])c([2H])c1-c1ccc(-c2c([2H])c([2H])c(N(c3ccccc3)c3ccccc3)c([2H])c2[2H])c2cc(-c3ccc(N(c4ccccc4)c4ccc5sc6ccccc6c5c4)cc3)ccc12. The highest BCUT2D eigenvalue weighted by atomic mass is 32.1. The fraction of sp³-hybridized carbons (Fsp3) is 0. The van der Waals surface area contributed by atoms with Gasteiger partial charge in [0.1, 0.15) is 0 Å². The average Bonchev–Trinajstić information content (AvgIpc) is 2.13. The Labute approximate surface area is 447 Å². The van der Waals surface area contributed by atoms with Crippen LogP contribution < -0.4 is 14.7 Å². The Hall–Kier alpha value is -9.48. The summed E-state index contributed by atoms with van der Waals surface area (Å²) in [5.74, 6) is 0. The van der Waals surface area contributed by atoms with Crippen molar-refractivity contribution >= 4 is 93.5 Å². The topological polar surface area (TPSA) is 9.72 Å². The molecule has 0 spiro atoms. The van der Waals surface area contributed by atoms with Crippen molar-refractivity contribution in [3.05, 3.63) is 297 Å². The van der Waals surface area contributed by atoms with E-state index < -0.39 is 0 Å².